The number of piperidine rings is 1. The lowest BCUT2D eigenvalue weighted by Crippen LogP contribution is -2.44. The van der Waals surface area contributed by atoms with Gasteiger partial charge in [-0.3, -0.25) is 4.79 Å². The van der Waals surface area contributed by atoms with Crippen LogP contribution in [0.2, 0.25) is 0 Å². The number of hydrogen-bond donors (Lipinski definition) is 1. The molecule has 1 saturated heterocycles. The maximum Gasteiger partial charge on any atom is 0.223 e. The van der Waals surface area contributed by atoms with E-state index < -0.39 is 0 Å². The molecule has 0 spiro atoms. The quantitative estimate of drug-likeness (QED) is 0.772. The van der Waals surface area contributed by atoms with Gasteiger partial charge in [0.2, 0.25) is 5.91 Å². The molecule has 1 aliphatic rings. The number of carbonyl (C=O) groups excluding carboxylic acids is 1. The molecule has 15 heavy (non-hydrogen) atoms. The van der Waals surface area contributed by atoms with Gasteiger partial charge in [0.25, 0.3) is 0 Å². The fraction of sp³-hybridized carbons (Fsp3) is 0.917. The van der Waals surface area contributed by atoms with Crippen LogP contribution in [0.25, 0.3) is 0 Å². The van der Waals surface area contributed by atoms with E-state index in [1.54, 1.807) is 0 Å². The van der Waals surface area contributed by atoms with E-state index in [9.17, 15) is 4.79 Å². The smallest absolute Gasteiger partial charge is 0.223 e. The normalized spacial score (nSPS) is 22.1. The highest BCUT2D eigenvalue weighted by Crippen LogP contribution is 2.21. The van der Waals surface area contributed by atoms with Gasteiger partial charge >= 0.3 is 0 Å². The van der Waals surface area contributed by atoms with E-state index in [1.807, 2.05) is 0 Å². The predicted octanol–water partition coefficient (Wildman–Crippen LogP) is 1.76. The summed E-state index contributed by atoms with van der Waals surface area (Å²) in [5.74, 6) is 0.779. The van der Waals surface area contributed by atoms with E-state index in [2.05, 4.69) is 18.7 Å². The first kappa shape index (κ1) is 12.5. The van der Waals surface area contributed by atoms with E-state index >= 15 is 0 Å². The van der Waals surface area contributed by atoms with Crippen LogP contribution in [0.5, 0.6) is 0 Å². The number of rotatable bonds is 4. The molecule has 1 heterocycles. The fourth-order valence-electron chi connectivity index (χ4n) is 2.29. The molecule has 3 nitrogen and oxygen atoms in total. The Morgan fingerprint density at radius 3 is 2.80 bits per heavy atom. The van der Waals surface area contributed by atoms with Crippen molar-refractivity contribution in [1.29, 1.82) is 0 Å². The van der Waals surface area contributed by atoms with Gasteiger partial charge < -0.3 is 10.6 Å². The molecule has 88 valence electrons. The van der Waals surface area contributed by atoms with Crippen molar-refractivity contribution in [2.24, 2.45) is 11.7 Å². The van der Waals surface area contributed by atoms with Crippen molar-refractivity contribution in [3.8, 4) is 0 Å². The zero-order valence-corrected chi connectivity index (χ0v) is 10.0. The van der Waals surface area contributed by atoms with E-state index in [-0.39, 0.29) is 0 Å². The summed E-state index contributed by atoms with van der Waals surface area (Å²) in [6.45, 7) is 5.83. The number of carbonyl (C=O) groups is 1. The molecule has 0 aromatic carbocycles. The number of nitrogens with zero attached hydrogens (tertiary/aromatic N) is 1. The van der Waals surface area contributed by atoms with Gasteiger partial charge in [-0.25, -0.2) is 0 Å². The van der Waals surface area contributed by atoms with Crippen molar-refractivity contribution in [2.45, 2.75) is 52.0 Å². The second-order valence-electron chi connectivity index (χ2n) is 4.91. The standard InChI is InChI=1S/C12H24N2O/c1-10(2)9-12(15)14-8-4-3-5-11(14)6-7-13/h10-11H,3-9,13H2,1-2H3. The third kappa shape index (κ3) is 3.82. The van der Waals surface area contributed by atoms with E-state index in [1.165, 1.54) is 6.42 Å². The highest BCUT2D eigenvalue weighted by molar-refractivity contribution is 5.76. The zero-order valence-electron chi connectivity index (χ0n) is 10.0. The van der Waals surface area contributed by atoms with E-state index in [4.69, 9.17) is 5.73 Å². The lowest BCUT2D eigenvalue weighted by Gasteiger charge is -2.36. The number of nitrogens with two attached hydrogens (primary N) is 1. The summed E-state index contributed by atoms with van der Waals surface area (Å²) in [6.07, 6.45) is 5.19. The van der Waals surface area contributed by atoms with Gasteiger partial charge in [-0.1, -0.05) is 13.8 Å². The minimum atomic E-state index is 0.322. The van der Waals surface area contributed by atoms with Crippen molar-refractivity contribution >= 4 is 5.91 Å². The molecule has 1 atom stereocenters. The predicted molar refractivity (Wildman–Crippen MR) is 62.5 cm³/mol. The third-order valence-electron chi connectivity index (χ3n) is 3.03. The minimum absolute atomic E-state index is 0.322. The molecule has 1 rings (SSSR count). The molecule has 0 saturated carbocycles. The maximum absolute atomic E-state index is 12.0. The summed E-state index contributed by atoms with van der Waals surface area (Å²) >= 11 is 0. The molecule has 1 fully saturated rings. The van der Waals surface area contributed by atoms with Gasteiger partial charge in [0.05, 0.1) is 0 Å². The summed E-state index contributed by atoms with van der Waals surface area (Å²) in [6, 6.07) is 0.412. The first-order valence-electron chi connectivity index (χ1n) is 6.14. The molecular weight excluding hydrogens is 188 g/mol. The van der Waals surface area contributed by atoms with Crippen molar-refractivity contribution in [3.63, 3.8) is 0 Å². The second-order valence-corrected chi connectivity index (χ2v) is 4.91. The van der Waals surface area contributed by atoms with Gasteiger partial charge in [0.1, 0.15) is 0 Å². The van der Waals surface area contributed by atoms with Gasteiger partial charge in [-0.05, 0) is 38.1 Å². The summed E-state index contributed by atoms with van der Waals surface area (Å²) in [4.78, 5) is 14.0. The molecule has 0 aliphatic carbocycles. The highest BCUT2D eigenvalue weighted by atomic mass is 16.2. The van der Waals surface area contributed by atoms with Crippen molar-refractivity contribution in [2.75, 3.05) is 13.1 Å². The Labute approximate surface area is 93.0 Å². The molecule has 0 radical (unpaired) electrons. The van der Waals surface area contributed by atoms with Crippen LogP contribution in [0.3, 0.4) is 0 Å². The maximum atomic E-state index is 12.0. The van der Waals surface area contributed by atoms with Gasteiger partial charge in [0.15, 0.2) is 0 Å². The molecular formula is C12H24N2O. The first-order chi connectivity index (χ1) is 7.15. The highest BCUT2D eigenvalue weighted by Gasteiger charge is 2.25. The van der Waals surface area contributed by atoms with Gasteiger partial charge in [-0.2, -0.15) is 0 Å². The number of amides is 1. The average molecular weight is 212 g/mol. The van der Waals surface area contributed by atoms with Crippen LogP contribution in [-0.2, 0) is 4.79 Å². The summed E-state index contributed by atoms with van der Waals surface area (Å²) in [7, 11) is 0. The van der Waals surface area contributed by atoms with Crippen LogP contribution in [-0.4, -0.2) is 29.9 Å². The minimum Gasteiger partial charge on any atom is -0.340 e. The molecule has 0 bridgehead atoms. The van der Waals surface area contributed by atoms with Crippen LogP contribution >= 0.6 is 0 Å². The van der Waals surface area contributed by atoms with Crippen molar-refractivity contribution in [3.05, 3.63) is 0 Å². The Morgan fingerprint density at radius 2 is 2.20 bits per heavy atom. The summed E-state index contributed by atoms with van der Waals surface area (Å²) < 4.78 is 0. The topological polar surface area (TPSA) is 46.3 Å². The van der Waals surface area contributed by atoms with Crippen LogP contribution < -0.4 is 5.73 Å². The molecule has 3 heteroatoms. The SMILES string of the molecule is CC(C)CC(=O)N1CCCCC1CCN. The van der Waals surface area contributed by atoms with Gasteiger partial charge in [-0.15, -0.1) is 0 Å². The largest absolute Gasteiger partial charge is 0.340 e. The van der Waals surface area contributed by atoms with Crippen LogP contribution in [0.15, 0.2) is 0 Å². The Kier molecular flexibility index (Phi) is 5.09. The van der Waals surface area contributed by atoms with Crippen molar-refractivity contribution < 1.29 is 4.79 Å². The molecule has 1 unspecified atom stereocenters. The monoisotopic (exact) mass is 212 g/mol. The Bertz CT molecular complexity index is 202. The lowest BCUT2D eigenvalue weighted by molar-refractivity contribution is -0.135. The molecule has 0 aromatic heterocycles. The molecule has 1 amide bonds. The average Bonchev–Trinajstić information content (AvgIpc) is 2.18. The third-order valence-corrected chi connectivity index (χ3v) is 3.03. The molecule has 2 N–H and O–H groups in total. The fourth-order valence-corrected chi connectivity index (χ4v) is 2.29. The van der Waals surface area contributed by atoms with Crippen LogP contribution in [0.1, 0.15) is 46.0 Å². The second kappa shape index (κ2) is 6.11. The summed E-state index contributed by atoms with van der Waals surface area (Å²) in [5, 5.41) is 0. The van der Waals surface area contributed by atoms with E-state index in [0.29, 0.717) is 30.8 Å². The van der Waals surface area contributed by atoms with Crippen LogP contribution in [0, 0.1) is 5.92 Å². The Hall–Kier alpha value is -0.570. The van der Waals surface area contributed by atoms with E-state index in [0.717, 1.165) is 25.8 Å². The number of hydrogen-bond acceptors (Lipinski definition) is 2. The number of likely N-dealkylation sites (tertiary alicyclic amines) is 1. The van der Waals surface area contributed by atoms with Gasteiger partial charge in [0, 0.05) is 19.0 Å². The zero-order chi connectivity index (χ0) is 11.3. The lowest BCUT2D eigenvalue weighted by atomic mass is 9.98. The van der Waals surface area contributed by atoms with Crippen molar-refractivity contribution in [1.82, 2.24) is 4.90 Å². The van der Waals surface area contributed by atoms with Crippen LogP contribution in [0.4, 0.5) is 0 Å². The molecule has 0 aromatic rings. The molecule has 1 aliphatic heterocycles. The Morgan fingerprint density at radius 1 is 1.47 bits per heavy atom. The summed E-state index contributed by atoms with van der Waals surface area (Å²) in [5.41, 5.74) is 5.59. The Balaban J connectivity index is 2.51. The first-order valence-corrected chi connectivity index (χ1v) is 6.14.